The first-order valence-corrected chi connectivity index (χ1v) is 5.51. The number of anilines is 1. The van der Waals surface area contributed by atoms with Crippen molar-refractivity contribution in [2.45, 2.75) is 19.0 Å². The fraction of sp³-hybridized carbons (Fsp3) is 0.333. The fourth-order valence-electron chi connectivity index (χ4n) is 2.04. The summed E-state index contributed by atoms with van der Waals surface area (Å²) in [6.07, 6.45) is -5.67. The quantitative estimate of drug-likeness (QED) is 0.898. The van der Waals surface area contributed by atoms with Crippen LogP contribution in [0.2, 0.25) is 0 Å². The average Bonchev–Trinajstić information content (AvgIpc) is 2.68. The number of carboxylic acid groups (broad SMARTS) is 1. The Bertz CT molecular complexity index is 540. The van der Waals surface area contributed by atoms with Crippen LogP contribution in [0.3, 0.4) is 0 Å². The van der Waals surface area contributed by atoms with E-state index in [0.29, 0.717) is 12.0 Å². The molecule has 1 aliphatic rings. The van der Waals surface area contributed by atoms with Crippen LogP contribution in [-0.4, -0.2) is 29.7 Å². The molecule has 1 N–H and O–H groups in total. The minimum Gasteiger partial charge on any atom is -0.478 e. The Kier molecular flexibility index (Phi) is 3.21. The van der Waals surface area contributed by atoms with Crippen LogP contribution in [0.15, 0.2) is 18.2 Å². The third-order valence-electron chi connectivity index (χ3n) is 2.88. The lowest BCUT2D eigenvalue weighted by atomic mass is 10.1. The lowest BCUT2D eigenvalue weighted by Gasteiger charge is -2.18. The summed E-state index contributed by atoms with van der Waals surface area (Å²) in [5, 5.41) is 8.84. The summed E-state index contributed by atoms with van der Waals surface area (Å²) in [7, 11) is 0. The molecular formula is C12H10F3NO3. The molecule has 1 heterocycles. The van der Waals surface area contributed by atoms with E-state index in [9.17, 15) is 22.8 Å². The number of hydrogen-bond donors (Lipinski definition) is 1. The van der Waals surface area contributed by atoms with Crippen LogP contribution in [-0.2, 0) is 11.2 Å². The van der Waals surface area contributed by atoms with Gasteiger partial charge < -0.3 is 10.0 Å². The molecule has 0 fully saturated rings. The molecule has 19 heavy (non-hydrogen) atoms. The van der Waals surface area contributed by atoms with Crippen molar-refractivity contribution in [3.8, 4) is 0 Å². The minimum absolute atomic E-state index is 0.0505. The van der Waals surface area contributed by atoms with Crippen LogP contribution >= 0.6 is 0 Å². The number of alkyl halides is 3. The number of amides is 1. The van der Waals surface area contributed by atoms with Gasteiger partial charge in [-0.3, -0.25) is 4.79 Å². The van der Waals surface area contributed by atoms with Gasteiger partial charge in [0.1, 0.15) is 6.42 Å². The topological polar surface area (TPSA) is 57.6 Å². The standard InChI is InChI=1S/C12H10F3NO3/c13-12(14,15)6-10(17)16-4-3-7-1-2-8(11(18)19)5-9(7)16/h1-2,5H,3-4,6H2,(H,18,19). The molecule has 102 valence electrons. The Morgan fingerprint density at radius 3 is 2.58 bits per heavy atom. The van der Waals surface area contributed by atoms with Gasteiger partial charge in [0.2, 0.25) is 5.91 Å². The summed E-state index contributed by atoms with van der Waals surface area (Å²) in [5.41, 5.74) is 0.889. The number of fused-ring (bicyclic) bond motifs is 1. The highest BCUT2D eigenvalue weighted by molar-refractivity contribution is 5.98. The molecule has 0 spiro atoms. The number of hydrogen-bond acceptors (Lipinski definition) is 2. The van der Waals surface area contributed by atoms with E-state index in [1.165, 1.54) is 18.2 Å². The molecular weight excluding hydrogens is 263 g/mol. The summed E-state index contributed by atoms with van der Waals surface area (Å²) in [4.78, 5) is 23.4. The zero-order chi connectivity index (χ0) is 14.2. The predicted octanol–water partition coefficient (Wildman–Crippen LogP) is 2.23. The highest BCUT2D eigenvalue weighted by Crippen LogP contribution is 2.31. The van der Waals surface area contributed by atoms with E-state index in [1.807, 2.05) is 0 Å². The number of carbonyl (C=O) groups excluding carboxylic acids is 1. The van der Waals surface area contributed by atoms with Gasteiger partial charge in [0.15, 0.2) is 0 Å². The molecule has 0 radical (unpaired) electrons. The first kappa shape index (κ1) is 13.4. The van der Waals surface area contributed by atoms with E-state index < -0.39 is 24.5 Å². The molecule has 1 amide bonds. The first-order chi connectivity index (χ1) is 8.78. The van der Waals surface area contributed by atoms with Crippen LogP contribution in [0.25, 0.3) is 0 Å². The van der Waals surface area contributed by atoms with E-state index in [2.05, 4.69) is 0 Å². The van der Waals surface area contributed by atoms with Crippen molar-refractivity contribution in [2.75, 3.05) is 11.4 Å². The van der Waals surface area contributed by atoms with Gasteiger partial charge in [0, 0.05) is 12.2 Å². The number of halogens is 3. The maximum absolute atomic E-state index is 12.2. The van der Waals surface area contributed by atoms with Gasteiger partial charge in [-0.2, -0.15) is 13.2 Å². The summed E-state index contributed by atoms with van der Waals surface area (Å²) in [6.45, 7) is 0.146. The molecule has 1 aliphatic heterocycles. The molecule has 0 bridgehead atoms. The molecule has 0 atom stereocenters. The van der Waals surface area contributed by atoms with E-state index in [1.54, 1.807) is 0 Å². The summed E-state index contributed by atoms with van der Waals surface area (Å²) >= 11 is 0. The smallest absolute Gasteiger partial charge is 0.397 e. The molecule has 0 unspecified atom stereocenters. The van der Waals surface area contributed by atoms with Gasteiger partial charge in [-0.15, -0.1) is 0 Å². The summed E-state index contributed by atoms with van der Waals surface area (Å²) in [5.74, 6) is -2.24. The molecule has 1 aromatic carbocycles. The summed E-state index contributed by atoms with van der Waals surface area (Å²) in [6, 6.07) is 4.14. The molecule has 0 saturated carbocycles. The Morgan fingerprint density at radius 2 is 2.00 bits per heavy atom. The van der Waals surface area contributed by atoms with E-state index in [0.717, 1.165) is 4.90 Å². The Labute approximate surface area is 106 Å². The van der Waals surface area contributed by atoms with Gasteiger partial charge in [-0.25, -0.2) is 4.79 Å². The third-order valence-corrected chi connectivity index (χ3v) is 2.88. The van der Waals surface area contributed by atoms with E-state index in [-0.39, 0.29) is 17.8 Å². The Balaban J connectivity index is 2.28. The third kappa shape index (κ3) is 2.86. The van der Waals surface area contributed by atoms with Crippen LogP contribution < -0.4 is 4.90 Å². The number of nitrogens with zero attached hydrogens (tertiary/aromatic N) is 1. The maximum Gasteiger partial charge on any atom is 0.397 e. The molecule has 1 aromatic rings. The molecule has 0 aromatic heterocycles. The highest BCUT2D eigenvalue weighted by Gasteiger charge is 2.36. The maximum atomic E-state index is 12.2. The Morgan fingerprint density at radius 1 is 1.32 bits per heavy atom. The lowest BCUT2D eigenvalue weighted by Crippen LogP contribution is -2.32. The SMILES string of the molecule is O=C(O)c1ccc2c(c1)N(C(=O)CC(F)(F)F)CC2. The summed E-state index contributed by atoms with van der Waals surface area (Å²) < 4.78 is 36.6. The van der Waals surface area contributed by atoms with E-state index >= 15 is 0 Å². The average molecular weight is 273 g/mol. The number of benzene rings is 1. The molecule has 2 rings (SSSR count). The zero-order valence-electron chi connectivity index (χ0n) is 9.70. The molecule has 0 saturated heterocycles. The second kappa shape index (κ2) is 4.56. The number of carboxylic acids is 1. The first-order valence-electron chi connectivity index (χ1n) is 5.51. The van der Waals surface area contributed by atoms with Crippen molar-refractivity contribution in [3.05, 3.63) is 29.3 Å². The van der Waals surface area contributed by atoms with Crippen LogP contribution in [0.5, 0.6) is 0 Å². The largest absolute Gasteiger partial charge is 0.478 e. The zero-order valence-corrected chi connectivity index (χ0v) is 9.70. The highest BCUT2D eigenvalue weighted by atomic mass is 19.4. The van der Waals surface area contributed by atoms with Crippen LogP contribution in [0.4, 0.5) is 18.9 Å². The van der Waals surface area contributed by atoms with Crippen molar-refractivity contribution in [1.29, 1.82) is 0 Å². The van der Waals surface area contributed by atoms with Gasteiger partial charge in [0.05, 0.1) is 5.56 Å². The van der Waals surface area contributed by atoms with Crippen LogP contribution in [0, 0.1) is 0 Å². The van der Waals surface area contributed by atoms with Gasteiger partial charge in [0.25, 0.3) is 0 Å². The van der Waals surface area contributed by atoms with Crippen molar-refractivity contribution in [2.24, 2.45) is 0 Å². The fourth-order valence-corrected chi connectivity index (χ4v) is 2.04. The molecule has 7 heteroatoms. The number of carbonyl (C=O) groups is 2. The monoisotopic (exact) mass is 273 g/mol. The van der Waals surface area contributed by atoms with Crippen molar-refractivity contribution in [3.63, 3.8) is 0 Å². The van der Waals surface area contributed by atoms with Gasteiger partial charge >= 0.3 is 12.1 Å². The van der Waals surface area contributed by atoms with Gasteiger partial charge in [-0.1, -0.05) is 6.07 Å². The van der Waals surface area contributed by atoms with E-state index in [4.69, 9.17) is 5.11 Å². The predicted molar refractivity (Wildman–Crippen MR) is 60.1 cm³/mol. The molecule has 0 aliphatic carbocycles. The van der Waals surface area contributed by atoms with Gasteiger partial charge in [-0.05, 0) is 24.1 Å². The number of rotatable bonds is 2. The Hall–Kier alpha value is -2.05. The van der Waals surface area contributed by atoms with Crippen LogP contribution in [0.1, 0.15) is 22.3 Å². The number of aromatic carboxylic acids is 1. The van der Waals surface area contributed by atoms with Crippen molar-refractivity contribution >= 4 is 17.6 Å². The lowest BCUT2D eigenvalue weighted by molar-refractivity contribution is -0.151. The second-order valence-electron chi connectivity index (χ2n) is 4.24. The van der Waals surface area contributed by atoms with Crippen molar-refractivity contribution < 1.29 is 27.9 Å². The van der Waals surface area contributed by atoms with Crippen molar-refractivity contribution in [1.82, 2.24) is 0 Å². The second-order valence-corrected chi connectivity index (χ2v) is 4.24. The minimum atomic E-state index is -4.57. The molecule has 4 nitrogen and oxygen atoms in total. The normalized spacial score (nSPS) is 14.4.